The first-order valence-electron chi connectivity index (χ1n) is 17.1. The molecular formula is C37H44N4O11. The van der Waals surface area contributed by atoms with Crippen LogP contribution in [0.5, 0.6) is 17.2 Å². The predicted octanol–water partition coefficient (Wildman–Crippen LogP) is 3.98. The SMILES string of the molecule is C=C1C[C@H]2C(O)N(C(=O)OC)c3cc(OCCCCCOc4cc5c(cc4OC)C(=O)N4CC(=C)C[C@H]4C(O)N5C(=O)OC)c(C)cc3C(=O)N2C1. The van der Waals surface area contributed by atoms with Crippen LogP contribution in [-0.4, -0.2) is 116 Å². The highest BCUT2D eigenvalue weighted by Gasteiger charge is 2.47. The Labute approximate surface area is 301 Å². The van der Waals surface area contributed by atoms with Crippen molar-refractivity contribution >= 4 is 35.4 Å². The van der Waals surface area contributed by atoms with E-state index < -0.39 is 36.7 Å². The van der Waals surface area contributed by atoms with Crippen LogP contribution < -0.4 is 24.0 Å². The number of carbonyl (C=O) groups is 4. The first-order valence-corrected chi connectivity index (χ1v) is 17.1. The summed E-state index contributed by atoms with van der Waals surface area (Å²) in [6.07, 6.45) is -1.66. The number of amides is 4. The Morgan fingerprint density at radius 2 is 1.17 bits per heavy atom. The van der Waals surface area contributed by atoms with Crippen molar-refractivity contribution in [3.8, 4) is 17.2 Å². The van der Waals surface area contributed by atoms with E-state index in [1.54, 1.807) is 12.1 Å². The van der Waals surface area contributed by atoms with Crippen LogP contribution in [-0.2, 0) is 9.47 Å². The number of ether oxygens (including phenoxy) is 5. The molecule has 6 rings (SSSR count). The zero-order valence-corrected chi connectivity index (χ0v) is 29.8. The lowest BCUT2D eigenvalue weighted by Gasteiger charge is -2.31. The van der Waals surface area contributed by atoms with E-state index in [0.29, 0.717) is 62.3 Å². The monoisotopic (exact) mass is 720 g/mol. The Morgan fingerprint density at radius 3 is 1.65 bits per heavy atom. The second kappa shape index (κ2) is 14.8. The van der Waals surface area contributed by atoms with Crippen LogP contribution in [0.3, 0.4) is 0 Å². The third-order valence-electron chi connectivity index (χ3n) is 9.92. The Hall–Kier alpha value is -5.28. The summed E-state index contributed by atoms with van der Waals surface area (Å²) in [6.45, 7) is 10.9. The minimum Gasteiger partial charge on any atom is -0.493 e. The molecule has 2 N–H and O–H groups in total. The molecule has 2 aromatic rings. The quantitative estimate of drug-likeness (QED) is 0.284. The van der Waals surface area contributed by atoms with Gasteiger partial charge in [0.05, 0.1) is 69.1 Å². The van der Waals surface area contributed by atoms with Gasteiger partial charge in [0.1, 0.15) is 5.75 Å². The lowest BCUT2D eigenvalue weighted by Crippen LogP contribution is -2.50. The number of nitrogens with zero attached hydrogens (tertiary/aromatic N) is 4. The highest BCUT2D eigenvalue weighted by molar-refractivity contribution is 6.07. The van der Waals surface area contributed by atoms with Crippen LogP contribution in [0, 0.1) is 6.92 Å². The second-order valence-corrected chi connectivity index (χ2v) is 13.3. The molecule has 15 nitrogen and oxygen atoms in total. The van der Waals surface area contributed by atoms with Crippen LogP contribution in [0.2, 0.25) is 0 Å². The third kappa shape index (κ3) is 6.50. The molecule has 4 atom stereocenters. The Balaban J connectivity index is 1.10. The molecule has 0 spiro atoms. The van der Waals surface area contributed by atoms with Gasteiger partial charge in [0, 0.05) is 25.2 Å². The highest BCUT2D eigenvalue weighted by Crippen LogP contribution is 2.42. The van der Waals surface area contributed by atoms with Crippen molar-refractivity contribution in [2.45, 2.75) is 63.6 Å². The number of hydrogen-bond donors (Lipinski definition) is 2. The fourth-order valence-electron chi connectivity index (χ4n) is 7.32. The number of methoxy groups -OCH3 is 3. The van der Waals surface area contributed by atoms with Crippen molar-refractivity contribution in [1.82, 2.24) is 9.80 Å². The summed E-state index contributed by atoms with van der Waals surface area (Å²) in [7, 11) is 3.87. The normalized spacial score (nSPS) is 22.3. The number of unbranched alkanes of at least 4 members (excludes halogenated alkanes) is 2. The number of hydrogen-bond acceptors (Lipinski definition) is 11. The molecule has 52 heavy (non-hydrogen) atoms. The van der Waals surface area contributed by atoms with Crippen LogP contribution in [0.4, 0.5) is 21.0 Å². The third-order valence-corrected chi connectivity index (χ3v) is 9.92. The molecule has 0 saturated carbocycles. The zero-order chi connectivity index (χ0) is 37.4. The molecule has 0 bridgehead atoms. The van der Waals surface area contributed by atoms with Crippen molar-refractivity contribution < 1.29 is 53.1 Å². The van der Waals surface area contributed by atoms with Crippen molar-refractivity contribution in [2.75, 3.05) is 57.4 Å². The van der Waals surface area contributed by atoms with Crippen LogP contribution >= 0.6 is 0 Å². The molecule has 2 aromatic carbocycles. The van der Waals surface area contributed by atoms with E-state index in [2.05, 4.69) is 13.2 Å². The maximum Gasteiger partial charge on any atom is 0.416 e. The van der Waals surface area contributed by atoms with Gasteiger partial charge in [0.25, 0.3) is 11.8 Å². The van der Waals surface area contributed by atoms with Gasteiger partial charge in [-0.25, -0.2) is 19.4 Å². The molecule has 278 valence electrons. The summed E-state index contributed by atoms with van der Waals surface area (Å²) in [4.78, 5) is 58.1. The Kier molecular flexibility index (Phi) is 10.4. The zero-order valence-electron chi connectivity index (χ0n) is 29.8. The van der Waals surface area contributed by atoms with E-state index in [4.69, 9.17) is 23.7 Å². The summed E-state index contributed by atoms with van der Waals surface area (Å²) >= 11 is 0. The van der Waals surface area contributed by atoms with Gasteiger partial charge in [0.2, 0.25) is 0 Å². The molecule has 4 aliphatic heterocycles. The van der Waals surface area contributed by atoms with Gasteiger partial charge < -0.3 is 43.7 Å². The lowest BCUT2D eigenvalue weighted by atomic mass is 10.1. The first-order chi connectivity index (χ1) is 24.9. The number of fused-ring (bicyclic) bond motifs is 4. The van der Waals surface area contributed by atoms with E-state index in [1.807, 2.05) is 6.92 Å². The minimum atomic E-state index is -1.37. The average Bonchev–Trinajstić information content (AvgIpc) is 3.69. The van der Waals surface area contributed by atoms with Gasteiger partial charge in [-0.2, -0.15) is 0 Å². The van der Waals surface area contributed by atoms with Gasteiger partial charge in [0.15, 0.2) is 24.0 Å². The highest BCUT2D eigenvalue weighted by atomic mass is 16.6. The summed E-state index contributed by atoms with van der Waals surface area (Å²) in [5.41, 5.74) is 3.03. The van der Waals surface area contributed by atoms with Crippen molar-refractivity contribution in [3.63, 3.8) is 0 Å². The van der Waals surface area contributed by atoms with Crippen molar-refractivity contribution in [1.29, 1.82) is 0 Å². The molecule has 2 unspecified atom stereocenters. The van der Waals surface area contributed by atoms with Gasteiger partial charge in [-0.15, -0.1) is 0 Å². The number of aryl methyl sites for hydroxylation is 1. The van der Waals surface area contributed by atoms with Gasteiger partial charge in [-0.3, -0.25) is 9.59 Å². The molecule has 4 aliphatic rings. The predicted molar refractivity (Wildman–Crippen MR) is 188 cm³/mol. The number of rotatable bonds is 9. The van der Waals surface area contributed by atoms with Gasteiger partial charge in [-0.1, -0.05) is 24.3 Å². The smallest absolute Gasteiger partial charge is 0.416 e. The number of aliphatic hydroxyl groups excluding tert-OH is 2. The number of aliphatic hydroxyl groups is 2. The minimum absolute atomic E-state index is 0.149. The van der Waals surface area contributed by atoms with E-state index in [9.17, 15) is 29.4 Å². The van der Waals surface area contributed by atoms with Crippen molar-refractivity contribution in [2.24, 2.45) is 0 Å². The molecule has 15 heteroatoms. The summed E-state index contributed by atoms with van der Waals surface area (Å²) in [5.74, 6) is 0.361. The van der Waals surface area contributed by atoms with E-state index in [1.165, 1.54) is 43.3 Å². The molecular weight excluding hydrogens is 676 g/mol. The first kappa shape index (κ1) is 36.5. The van der Waals surface area contributed by atoms with Crippen molar-refractivity contribution in [3.05, 3.63) is 65.3 Å². The lowest BCUT2D eigenvalue weighted by molar-refractivity contribution is 0.0501. The summed E-state index contributed by atoms with van der Waals surface area (Å²) in [5, 5.41) is 22.5. The molecule has 0 aromatic heterocycles. The van der Waals surface area contributed by atoms with Crippen LogP contribution in [0.15, 0.2) is 48.6 Å². The molecule has 2 saturated heterocycles. The second-order valence-electron chi connectivity index (χ2n) is 13.3. The average molecular weight is 721 g/mol. The summed E-state index contributed by atoms with van der Waals surface area (Å²) < 4.78 is 27.7. The molecule has 4 amide bonds. The molecule has 0 aliphatic carbocycles. The Morgan fingerprint density at radius 1 is 0.712 bits per heavy atom. The molecule has 2 fully saturated rings. The number of benzene rings is 2. The van der Waals surface area contributed by atoms with Gasteiger partial charge in [-0.05, 0) is 56.7 Å². The molecule has 0 radical (unpaired) electrons. The van der Waals surface area contributed by atoms with Crippen LogP contribution in [0.25, 0.3) is 0 Å². The largest absolute Gasteiger partial charge is 0.493 e. The van der Waals surface area contributed by atoms with E-state index in [-0.39, 0.29) is 53.2 Å². The van der Waals surface area contributed by atoms with Gasteiger partial charge >= 0.3 is 12.2 Å². The standard InChI is InChI=1S/C37H44N4O11/c1-20-12-27-34(44)40(36(46)49-5)25-16-29(22(3)14-23(25)32(42)38(27)18-20)51-10-8-7-9-11-52-31-17-26-24(15-30(31)48-4)33(43)39-19-21(2)13-28(39)35(45)41(26)37(47)50-6/h14-17,27-28,34-35,44-45H,1-2,7-13,18-19H2,3-6H3/t27-,28-,34?,35?/m0/s1. The number of carbonyl (C=O) groups excluding carboxylic acids is 4. The Bertz CT molecular complexity index is 1810. The molecule has 4 heterocycles. The maximum atomic E-state index is 13.6. The fraction of sp³-hybridized carbons (Fsp3) is 0.459. The number of anilines is 2. The maximum absolute atomic E-state index is 13.6. The van der Waals surface area contributed by atoms with Crippen LogP contribution in [0.1, 0.15) is 58.4 Å². The topological polar surface area (TPSA) is 168 Å². The fourth-order valence-corrected chi connectivity index (χ4v) is 7.32. The van der Waals surface area contributed by atoms with E-state index in [0.717, 1.165) is 20.9 Å². The van der Waals surface area contributed by atoms with E-state index >= 15 is 0 Å². The summed E-state index contributed by atoms with van der Waals surface area (Å²) in [6, 6.07) is 4.93.